The number of sulfonamides is 1. The van der Waals surface area contributed by atoms with E-state index >= 15 is 0 Å². The van der Waals surface area contributed by atoms with Crippen LogP contribution in [0.4, 0.5) is 11.5 Å². The molecule has 1 aromatic carbocycles. The molecule has 25 heavy (non-hydrogen) atoms. The Morgan fingerprint density at radius 2 is 1.96 bits per heavy atom. The molecule has 2 rings (SSSR count). The quantitative estimate of drug-likeness (QED) is 0.748. The summed E-state index contributed by atoms with van der Waals surface area (Å²) in [6.07, 6.45) is 2.56. The fourth-order valence-corrected chi connectivity index (χ4v) is 3.58. The van der Waals surface area contributed by atoms with E-state index < -0.39 is 10.0 Å². The van der Waals surface area contributed by atoms with E-state index in [9.17, 15) is 8.42 Å². The van der Waals surface area contributed by atoms with Gasteiger partial charge in [0.15, 0.2) is 0 Å². The average molecular weight is 363 g/mol. The Hall–Kier alpha value is -2.28. The molecule has 7 heteroatoms. The summed E-state index contributed by atoms with van der Waals surface area (Å²) in [6, 6.07) is 8.31. The summed E-state index contributed by atoms with van der Waals surface area (Å²) in [4.78, 5) is 4.46. The predicted octanol–water partition coefficient (Wildman–Crippen LogP) is 3.66. The number of aromatic nitrogens is 1. The fourth-order valence-electron chi connectivity index (χ4n) is 2.31. The summed E-state index contributed by atoms with van der Waals surface area (Å²) in [5.74, 6) is 1.96. The van der Waals surface area contributed by atoms with Gasteiger partial charge in [0.2, 0.25) is 0 Å². The average Bonchev–Trinajstić information content (AvgIpc) is 2.55. The van der Waals surface area contributed by atoms with Gasteiger partial charge in [0.05, 0.1) is 23.9 Å². The van der Waals surface area contributed by atoms with Gasteiger partial charge in [-0.15, -0.1) is 0 Å². The molecule has 0 amide bonds. The van der Waals surface area contributed by atoms with Crippen molar-refractivity contribution < 1.29 is 13.2 Å². The molecule has 0 saturated carbocycles. The number of hydrogen-bond donors (Lipinski definition) is 2. The molecular weight excluding hydrogens is 338 g/mol. The topological polar surface area (TPSA) is 80.3 Å². The second-order valence-corrected chi connectivity index (χ2v) is 7.93. The van der Waals surface area contributed by atoms with Crippen LogP contribution in [-0.2, 0) is 10.0 Å². The number of ether oxygens (including phenoxy) is 1. The van der Waals surface area contributed by atoms with Crippen LogP contribution in [0.1, 0.15) is 25.8 Å². The molecular formula is C18H25N3O3S. The Kier molecular flexibility index (Phi) is 6.25. The summed E-state index contributed by atoms with van der Waals surface area (Å²) in [6.45, 7) is 6.89. The Bertz CT molecular complexity index is 803. The molecule has 6 nitrogen and oxygen atoms in total. The van der Waals surface area contributed by atoms with Gasteiger partial charge in [0.25, 0.3) is 10.0 Å². The highest BCUT2D eigenvalue weighted by Crippen LogP contribution is 2.23. The van der Waals surface area contributed by atoms with Crippen LogP contribution in [0.5, 0.6) is 5.75 Å². The summed E-state index contributed by atoms with van der Waals surface area (Å²) in [7, 11) is -2.13. The Balaban J connectivity index is 2.07. The van der Waals surface area contributed by atoms with Gasteiger partial charge in [-0.1, -0.05) is 13.8 Å². The maximum Gasteiger partial charge on any atom is 0.262 e. The fraction of sp³-hybridized carbons (Fsp3) is 0.389. The molecule has 0 saturated heterocycles. The van der Waals surface area contributed by atoms with Gasteiger partial charge in [0.1, 0.15) is 11.6 Å². The predicted molar refractivity (Wildman–Crippen MR) is 101 cm³/mol. The molecule has 0 fully saturated rings. The Morgan fingerprint density at radius 3 is 2.52 bits per heavy atom. The van der Waals surface area contributed by atoms with Crippen molar-refractivity contribution >= 4 is 21.5 Å². The first-order valence-electron chi connectivity index (χ1n) is 8.19. The third-order valence-electron chi connectivity index (χ3n) is 3.72. The second kappa shape index (κ2) is 8.20. The minimum atomic E-state index is -3.68. The third kappa shape index (κ3) is 5.35. The summed E-state index contributed by atoms with van der Waals surface area (Å²) in [5.41, 5.74) is 1.04. The smallest absolute Gasteiger partial charge is 0.262 e. The van der Waals surface area contributed by atoms with Gasteiger partial charge in [-0.05, 0) is 55.2 Å². The lowest BCUT2D eigenvalue weighted by atomic mass is 10.1. The maximum absolute atomic E-state index is 12.6. The number of rotatable bonds is 8. The van der Waals surface area contributed by atoms with Crippen molar-refractivity contribution in [3.63, 3.8) is 0 Å². The number of benzene rings is 1. The molecule has 0 bridgehead atoms. The molecule has 2 N–H and O–H groups in total. The highest BCUT2D eigenvalue weighted by atomic mass is 32.2. The van der Waals surface area contributed by atoms with Crippen LogP contribution in [0, 0.1) is 12.8 Å². The Morgan fingerprint density at radius 1 is 1.20 bits per heavy atom. The van der Waals surface area contributed by atoms with Crippen molar-refractivity contribution in [2.24, 2.45) is 5.92 Å². The second-order valence-electron chi connectivity index (χ2n) is 6.28. The van der Waals surface area contributed by atoms with Crippen molar-refractivity contribution in [3.8, 4) is 5.75 Å². The van der Waals surface area contributed by atoms with E-state index in [1.807, 2.05) is 0 Å². The van der Waals surface area contributed by atoms with Crippen molar-refractivity contribution in [2.75, 3.05) is 23.7 Å². The van der Waals surface area contributed by atoms with E-state index in [2.05, 4.69) is 28.9 Å². The molecule has 2 aromatic rings. The maximum atomic E-state index is 12.6. The van der Waals surface area contributed by atoms with Gasteiger partial charge in [-0.3, -0.25) is 4.72 Å². The molecule has 0 unspecified atom stereocenters. The molecule has 1 aromatic heterocycles. The molecule has 0 atom stereocenters. The van der Waals surface area contributed by atoms with Gasteiger partial charge >= 0.3 is 0 Å². The van der Waals surface area contributed by atoms with E-state index in [1.54, 1.807) is 38.3 Å². The van der Waals surface area contributed by atoms with Crippen LogP contribution in [0.2, 0.25) is 0 Å². The first kappa shape index (κ1) is 19.1. The third-order valence-corrected chi connectivity index (χ3v) is 5.26. The number of hydrogen-bond acceptors (Lipinski definition) is 5. The standard InChI is InChI=1S/C18H25N3O3S/c1-13(2)9-10-19-18-8-5-15(12-20-18)21-25(22,23)17-7-6-16(24-4)11-14(17)3/h5-8,11-13,21H,9-10H2,1-4H3,(H,19,20). The highest BCUT2D eigenvalue weighted by molar-refractivity contribution is 7.92. The number of anilines is 2. The van der Waals surface area contributed by atoms with E-state index in [1.165, 1.54) is 12.3 Å². The van der Waals surface area contributed by atoms with Crippen molar-refractivity contribution in [1.29, 1.82) is 0 Å². The largest absolute Gasteiger partial charge is 0.497 e. The lowest BCUT2D eigenvalue weighted by molar-refractivity contribution is 0.414. The highest BCUT2D eigenvalue weighted by Gasteiger charge is 2.17. The van der Waals surface area contributed by atoms with Gasteiger partial charge in [-0.25, -0.2) is 13.4 Å². The molecule has 0 aliphatic heterocycles. The lowest BCUT2D eigenvalue weighted by Crippen LogP contribution is -2.14. The number of methoxy groups -OCH3 is 1. The van der Waals surface area contributed by atoms with Gasteiger partial charge < -0.3 is 10.1 Å². The van der Waals surface area contributed by atoms with Gasteiger partial charge in [-0.2, -0.15) is 0 Å². The minimum absolute atomic E-state index is 0.215. The van der Waals surface area contributed by atoms with E-state index in [-0.39, 0.29) is 4.90 Å². The van der Waals surface area contributed by atoms with Crippen molar-refractivity contribution in [3.05, 3.63) is 42.1 Å². The van der Waals surface area contributed by atoms with E-state index in [0.29, 0.717) is 22.9 Å². The zero-order chi connectivity index (χ0) is 18.4. The molecule has 1 heterocycles. The molecule has 0 radical (unpaired) electrons. The van der Waals surface area contributed by atoms with Crippen LogP contribution < -0.4 is 14.8 Å². The van der Waals surface area contributed by atoms with E-state index in [0.717, 1.165) is 18.8 Å². The SMILES string of the molecule is COc1ccc(S(=O)(=O)Nc2ccc(NCCC(C)C)nc2)c(C)c1. The zero-order valence-electron chi connectivity index (χ0n) is 15.0. The number of pyridine rings is 1. The summed E-state index contributed by atoms with van der Waals surface area (Å²) >= 11 is 0. The minimum Gasteiger partial charge on any atom is -0.497 e. The number of nitrogens with one attached hydrogen (secondary N) is 2. The molecule has 0 spiro atoms. The summed E-state index contributed by atoms with van der Waals surface area (Å²) < 4.78 is 32.8. The molecule has 0 aliphatic rings. The van der Waals surface area contributed by atoms with Crippen LogP contribution in [0.15, 0.2) is 41.4 Å². The van der Waals surface area contributed by atoms with Gasteiger partial charge in [0, 0.05) is 6.54 Å². The first-order chi connectivity index (χ1) is 11.8. The van der Waals surface area contributed by atoms with Crippen LogP contribution in [0.3, 0.4) is 0 Å². The normalized spacial score (nSPS) is 11.4. The Labute approximate surface area is 149 Å². The number of nitrogens with zero attached hydrogens (tertiary/aromatic N) is 1. The summed E-state index contributed by atoms with van der Waals surface area (Å²) in [5, 5.41) is 3.22. The van der Waals surface area contributed by atoms with Crippen LogP contribution in [-0.4, -0.2) is 27.1 Å². The van der Waals surface area contributed by atoms with Crippen LogP contribution in [0.25, 0.3) is 0 Å². The monoisotopic (exact) mass is 363 g/mol. The van der Waals surface area contributed by atoms with Crippen molar-refractivity contribution in [2.45, 2.75) is 32.1 Å². The van der Waals surface area contributed by atoms with Crippen molar-refractivity contribution in [1.82, 2.24) is 4.98 Å². The molecule has 136 valence electrons. The van der Waals surface area contributed by atoms with Crippen LogP contribution >= 0.6 is 0 Å². The van der Waals surface area contributed by atoms with E-state index in [4.69, 9.17) is 4.74 Å². The molecule has 0 aliphatic carbocycles. The zero-order valence-corrected chi connectivity index (χ0v) is 15.9. The lowest BCUT2D eigenvalue weighted by Gasteiger charge is -2.12. The first-order valence-corrected chi connectivity index (χ1v) is 9.67. The number of aryl methyl sites for hydroxylation is 1.